The van der Waals surface area contributed by atoms with E-state index in [1.54, 1.807) is 6.20 Å². The zero-order valence-electron chi connectivity index (χ0n) is 12.5. The minimum absolute atomic E-state index is 0.648. The normalized spacial score (nSPS) is 11.6. The number of nitrogens with one attached hydrogen (secondary N) is 1. The van der Waals surface area contributed by atoms with E-state index in [2.05, 4.69) is 39.3 Å². The molecule has 0 aliphatic carbocycles. The Morgan fingerprint density at radius 2 is 1.91 bits per heavy atom. The summed E-state index contributed by atoms with van der Waals surface area (Å²) >= 11 is 6.38. The second-order valence-corrected chi connectivity index (χ2v) is 5.95. The first kappa shape index (κ1) is 13.3. The van der Waals surface area contributed by atoms with Crippen LogP contribution in [-0.4, -0.2) is 24.8 Å². The highest BCUT2D eigenvalue weighted by molar-refractivity contribution is 6.35. The summed E-state index contributed by atoms with van der Waals surface area (Å²) in [5.74, 6) is 0.755. The predicted molar refractivity (Wildman–Crippen MR) is 87.3 cm³/mol. The average Bonchev–Trinajstić information content (AvgIpc) is 3.05. The van der Waals surface area contributed by atoms with Gasteiger partial charge in [-0.25, -0.2) is 9.50 Å². The standard InChI is InChI=1S/C16H14ClN5/c1-8-4-9(2)16-19-10(3)21-22(16)15(8)11-5-12-7-18-20-14(12)13(17)6-11/h4-7H,1-3H3,(H,18,20). The third kappa shape index (κ3) is 1.82. The van der Waals surface area contributed by atoms with Crippen molar-refractivity contribution in [1.29, 1.82) is 0 Å². The lowest BCUT2D eigenvalue weighted by atomic mass is 10.0. The van der Waals surface area contributed by atoms with E-state index < -0.39 is 0 Å². The van der Waals surface area contributed by atoms with Crippen molar-refractivity contribution in [2.45, 2.75) is 20.8 Å². The van der Waals surface area contributed by atoms with Crippen LogP contribution in [0, 0.1) is 20.8 Å². The number of rotatable bonds is 1. The summed E-state index contributed by atoms with van der Waals surface area (Å²) in [6.07, 6.45) is 1.78. The molecule has 1 N–H and O–H groups in total. The molecule has 0 spiro atoms. The topological polar surface area (TPSA) is 58.9 Å². The molecule has 4 aromatic rings. The summed E-state index contributed by atoms with van der Waals surface area (Å²) in [6, 6.07) is 6.14. The van der Waals surface area contributed by atoms with Crippen LogP contribution >= 0.6 is 11.6 Å². The van der Waals surface area contributed by atoms with E-state index in [0.717, 1.165) is 44.8 Å². The molecule has 0 fully saturated rings. The van der Waals surface area contributed by atoms with E-state index in [1.807, 2.05) is 24.4 Å². The molecule has 110 valence electrons. The van der Waals surface area contributed by atoms with Crippen LogP contribution in [0.2, 0.25) is 5.02 Å². The van der Waals surface area contributed by atoms with Crippen molar-refractivity contribution in [3.05, 3.63) is 46.4 Å². The molecule has 0 atom stereocenters. The molecule has 22 heavy (non-hydrogen) atoms. The minimum atomic E-state index is 0.648. The highest BCUT2D eigenvalue weighted by Crippen LogP contribution is 2.32. The zero-order valence-corrected chi connectivity index (χ0v) is 13.2. The zero-order chi connectivity index (χ0) is 15.4. The first-order valence-electron chi connectivity index (χ1n) is 7.01. The Morgan fingerprint density at radius 3 is 2.73 bits per heavy atom. The van der Waals surface area contributed by atoms with E-state index in [1.165, 1.54) is 0 Å². The monoisotopic (exact) mass is 311 g/mol. The van der Waals surface area contributed by atoms with E-state index >= 15 is 0 Å². The van der Waals surface area contributed by atoms with Crippen molar-refractivity contribution in [2.24, 2.45) is 0 Å². The Morgan fingerprint density at radius 1 is 1.09 bits per heavy atom. The Hall–Kier alpha value is -2.40. The number of halogens is 1. The maximum absolute atomic E-state index is 6.38. The summed E-state index contributed by atoms with van der Waals surface area (Å²) in [5.41, 5.74) is 5.98. The first-order valence-corrected chi connectivity index (χ1v) is 7.39. The maximum Gasteiger partial charge on any atom is 0.159 e. The van der Waals surface area contributed by atoms with Gasteiger partial charge in [-0.2, -0.15) is 10.2 Å². The molecule has 6 heteroatoms. The van der Waals surface area contributed by atoms with Crippen LogP contribution in [0.1, 0.15) is 17.0 Å². The van der Waals surface area contributed by atoms with Gasteiger partial charge >= 0.3 is 0 Å². The number of aromatic amines is 1. The fourth-order valence-electron chi connectivity index (χ4n) is 2.95. The number of benzene rings is 1. The van der Waals surface area contributed by atoms with Crippen molar-refractivity contribution in [3.63, 3.8) is 0 Å². The van der Waals surface area contributed by atoms with E-state index in [0.29, 0.717) is 5.02 Å². The summed E-state index contributed by atoms with van der Waals surface area (Å²) in [5, 5.41) is 13.1. The number of aromatic nitrogens is 5. The molecule has 5 nitrogen and oxygen atoms in total. The molecular formula is C16H14ClN5. The van der Waals surface area contributed by atoms with Crippen LogP contribution in [-0.2, 0) is 0 Å². The number of aryl methyl sites for hydroxylation is 3. The largest absolute Gasteiger partial charge is 0.276 e. The number of pyridine rings is 1. The van der Waals surface area contributed by atoms with Crippen molar-refractivity contribution in [1.82, 2.24) is 24.8 Å². The molecule has 1 aromatic carbocycles. The molecule has 0 amide bonds. The van der Waals surface area contributed by atoms with Crippen LogP contribution in [0.4, 0.5) is 0 Å². The molecule has 3 heterocycles. The van der Waals surface area contributed by atoms with Crippen molar-refractivity contribution in [2.75, 3.05) is 0 Å². The van der Waals surface area contributed by atoms with E-state index in [4.69, 9.17) is 11.6 Å². The Balaban J connectivity index is 2.11. The number of hydrogen-bond donors (Lipinski definition) is 1. The quantitative estimate of drug-likeness (QED) is 0.581. The Bertz CT molecular complexity index is 1030. The van der Waals surface area contributed by atoms with Crippen molar-refractivity contribution < 1.29 is 0 Å². The summed E-state index contributed by atoms with van der Waals surface area (Å²) in [6.45, 7) is 6.02. The molecule has 0 unspecified atom stereocenters. The summed E-state index contributed by atoms with van der Waals surface area (Å²) in [4.78, 5) is 4.52. The van der Waals surface area contributed by atoms with Gasteiger partial charge in [-0.15, -0.1) is 0 Å². The second-order valence-electron chi connectivity index (χ2n) is 5.55. The molecule has 0 aliphatic rings. The van der Waals surface area contributed by atoms with Gasteiger partial charge in [-0.3, -0.25) is 5.10 Å². The van der Waals surface area contributed by atoms with E-state index in [9.17, 15) is 0 Å². The van der Waals surface area contributed by atoms with E-state index in [-0.39, 0.29) is 0 Å². The Kier molecular flexibility index (Phi) is 2.74. The second kappa shape index (κ2) is 4.55. The summed E-state index contributed by atoms with van der Waals surface area (Å²) in [7, 11) is 0. The number of nitrogens with zero attached hydrogens (tertiary/aromatic N) is 4. The van der Waals surface area contributed by atoms with Crippen LogP contribution in [0.15, 0.2) is 24.4 Å². The highest BCUT2D eigenvalue weighted by atomic mass is 35.5. The SMILES string of the molecule is Cc1nc2c(C)cc(C)c(-c3cc(Cl)c4[nH]ncc4c3)n2n1. The fraction of sp³-hybridized carbons (Fsp3) is 0.188. The van der Waals surface area contributed by atoms with Gasteiger partial charge < -0.3 is 0 Å². The molecule has 3 aromatic heterocycles. The lowest BCUT2D eigenvalue weighted by Gasteiger charge is -2.11. The predicted octanol–water partition coefficient (Wildman–Crippen LogP) is 3.85. The third-order valence-corrected chi connectivity index (χ3v) is 4.16. The van der Waals surface area contributed by atoms with Crippen LogP contribution < -0.4 is 0 Å². The van der Waals surface area contributed by atoms with Gasteiger partial charge in [0, 0.05) is 10.9 Å². The van der Waals surface area contributed by atoms with Crippen molar-refractivity contribution in [3.8, 4) is 11.3 Å². The maximum atomic E-state index is 6.38. The Labute approximate surface area is 131 Å². The lowest BCUT2D eigenvalue weighted by molar-refractivity contribution is 0.928. The number of fused-ring (bicyclic) bond motifs is 2. The number of H-pyrrole nitrogens is 1. The summed E-state index contributed by atoms with van der Waals surface area (Å²) < 4.78 is 1.90. The van der Waals surface area contributed by atoms with Gasteiger partial charge in [0.15, 0.2) is 5.65 Å². The van der Waals surface area contributed by atoms with Gasteiger partial charge in [0.05, 0.1) is 22.4 Å². The van der Waals surface area contributed by atoms with Crippen LogP contribution in [0.25, 0.3) is 27.8 Å². The third-order valence-electron chi connectivity index (χ3n) is 3.86. The van der Waals surface area contributed by atoms with Gasteiger partial charge in [0.1, 0.15) is 5.82 Å². The molecule has 0 aliphatic heterocycles. The molecule has 0 saturated carbocycles. The molecule has 4 rings (SSSR count). The molecular weight excluding hydrogens is 298 g/mol. The van der Waals surface area contributed by atoms with Gasteiger partial charge in [-0.1, -0.05) is 17.7 Å². The smallest absolute Gasteiger partial charge is 0.159 e. The molecule has 0 saturated heterocycles. The number of hydrogen-bond acceptors (Lipinski definition) is 3. The van der Waals surface area contributed by atoms with Crippen LogP contribution in [0.3, 0.4) is 0 Å². The van der Waals surface area contributed by atoms with Crippen molar-refractivity contribution >= 4 is 28.2 Å². The average molecular weight is 312 g/mol. The minimum Gasteiger partial charge on any atom is -0.276 e. The van der Waals surface area contributed by atoms with Gasteiger partial charge in [-0.05, 0) is 44.0 Å². The molecule has 0 radical (unpaired) electrons. The molecule has 0 bridgehead atoms. The lowest BCUT2D eigenvalue weighted by Crippen LogP contribution is -1.99. The van der Waals surface area contributed by atoms with Gasteiger partial charge in [0.2, 0.25) is 0 Å². The van der Waals surface area contributed by atoms with Gasteiger partial charge in [0.25, 0.3) is 0 Å². The first-order chi connectivity index (χ1) is 10.5. The fourth-order valence-corrected chi connectivity index (χ4v) is 3.22. The highest BCUT2D eigenvalue weighted by Gasteiger charge is 2.15. The van der Waals surface area contributed by atoms with Crippen LogP contribution in [0.5, 0.6) is 0 Å².